The van der Waals surface area contributed by atoms with Crippen LogP contribution in [-0.4, -0.2) is 12.4 Å². The van der Waals surface area contributed by atoms with Crippen molar-refractivity contribution in [3.05, 3.63) is 88.1 Å². The topological polar surface area (TPSA) is 24.4 Å². The maximum atomic E-state index is 4.79. The van der Waals surface area contributed by atoms with Crippen LogP contribution in [-0.2, 0) is 6.42 Å². The molecule has 2 aromatic carbocycles. The molecule has 1 N–H and O–H groups in total. The smallest absolute Gasteiger partial charge is 0.134 e. The monoisotopic (exact) mass is 320 g/mol. The van der Waals surface area contributed by atoms with Gasteiger partial charge in [-0.25, -0.2) is 4.99 Å². The van der Waals surface area contributed by atoms with Gasteiger partial charge in [-0.05, 0) is 42.5 Å². The molecule has 1 heterocycles. The number of aliphatic imine (C=N–C) groups is 1. The summed E-state index contributed by atoms with van der Waals surface area (Å²) in [6.07, 6.45) is 0.984. The lowest BCUT2D eigenvalue weighted by Crippen LogP contribution is -2.26. The molecule has 1 aromatic heterocycles. The summed E-state index contributed by atoms with van der Waals surface area (Å²) in [7, 11) is 0. The van der Waals surface area contributed by atoms with Crippen molar-refractivity contribution in [3.63, 3.8) is 0 Å². The lowest BCUT2D eigenvalue weighted by Gasteiger charge is -2.09. The van der Waals surface area contributed by atoms with E-state index in [9.17, 15) is 0 Å². The van der Waals surface area contributed by atoms with E-state index in [0.717, 1.165) is 30.1 Å². The zero-order valence-electron chi connectivity index (χ0n) is 13.2. The predicted octanol–water partition coefficient (Wildman–Crippen LogP) is 4.97. The summed E-state index contributed by atoms with van der Waals surface area (Å²) >= 11 is 1.69. The van der Waals surface area contributed by atoms with Crippen molar-refractivity contribution in [1.29, 1.82) is 0 Å². The van der Waals surface area contributed by atoms with Crippen molar-refractivity contribution in [1.82, 2.24) is 5.32 Å². The van der Waals surface area contributed by atoms with Crippen LogP contribution in [0, 0.1) is 6.92 Å². The molecule has 3 aromatic rings. The van der Waals surface area contributed by atoms with Gasteiger partial charge in [0.05, 0.1) is 5.69 Å². The van der Waals surface area contributed by atoms with Crippen molar-refractivity contribution in [3.8, 4) is 0 Å². The second-order valence-electron chi connectivity index (χ2n) is 5.47. The summed E-state index contributed by atoms with van der Waals surface area (Å²) in [6, 6.07) is 20.9. The lowest BCUT2D eigenvalue weighted by molar-refractivity contribution is 0.866. The number of nitrogens with one attached hydrogen (secondary N) is 1. The molecule has 0 saturated carbocycles. The molecular weight excluding hydrogens is 300 g/mol. The Bertz CT molecular complexity index is 744. The number of nitrogens with zero attached hydrogens (tertiary/aromatic N) is 1. The third kappa shape index (κ3) is 4.54. The van der Waals surface area contributed by atoms with Gasteiger partial charge in [0, 0.05) is 17.5 Å². The first-order valence-electron chi connectivity index (χ1n) is 7.77. The quantitative estimate of drug-likeness (QED) is 0.521. The minimum atomic E-state index is 0.866. The van der Waals surface area contributed by atoms with Crippen LogP contribution in [0.4, 0.5) is 5.69 Å². The highest BCUT2D eigenvalue weighted by atomic mass is 32.1. The van der Waals surface area contributed by atoms with Gasteiger partial charge in [0.2, 0.25) is 0 Å². The molecular formula is C20H20N2S. The second kappa shape index (κ2) is 7.75. The molecule has 0 aliphatic heterocycles. The number of rotatable bonds is 5. The van der Waals surface area contributed by atoms with E-state index in [0.29, 0.717) is 0 Å². The molecule has 0 spiro atoms. The third-order valence-corrected chi connectivity index (χ3v) is 4.30. The van der Waals surface area contributed by atoms with Crippen molar-refractivity contribution < 1.29 is 0 Å². The Morgan fingerprint density at radius 3 is 2.48 bits per heavy atom. The standard InChI is InChI=1S/C20H20N2S/c1-16-7-9-19(10-8-16)22-20(18-12-14-23-15-18)21-13-11-17-5-3-2-4-6-17/h2-10,12,14-15H,11,13H2,1H3,(H,21,22). The minimum Gasteiger partial charge on any atom is -0.369 e. The van der Waals surface area contributed by atoms with Gasteiger partial charge in [0.25, 0.3) is 0 Å². The number of thiophene rings is 1. The number of benzene rings is 2. The molecule has 0 atom stereocenters. The van der Waals surface area contributed by atoms with Gasteiger partial charge in [-0.2, -0.15) is 11.3 Å². The Hall–Kier alpha value is -2.39. The van der Waals surface area contributed by atoms with Crippen molar-refractivity contribution in [2.75, 3.05) is 6.54 Å². The van der Waals surface area contributed by atoms with E-state index >= 15 is 0 Å². The number of aryl methyl sites for hydroxylation is 1. The van der Waals surface area contributed by atoms with Gasteiger partial charge >= 0.3 is 0 Å². The average Bonchev–Trinajstić information content (AvgIpc) is 3.11. The molecule has 0 amide bonds. The highest BCUT2D eigenvalue weighted by Crippen LogP contribution is 2.15. The maximum absolute atomic E-state index is 4.79. The van der Waals surface area contributed by atoms with Gasteiger partial charge in [-0.15, -0.1) is 0 Å². The normalized spacial score (nSPS) is 11.4. The Morgan fingerprint density at radius 1 is 1.00 bits per heavy atom. The number of hydrogen-bond donors (Lipinski definition) is 1. The first-order valence-corrected chi connectivity index (χ1v) is 8.71. The van der Waals surface area contributed by atoms with E-state index < -0.39 is 0 Å². The molecule has 0 aliphatic rings. The summed E-state index contributed by atoms with van der Waals surface area (Å²) in [5, 5.41) is 7.70. The molecule has 23 heavy (non-hydrogen) atoms. The molecule has 0 aliphatic carbocycles. The van der Waals surface area contributed by atoms with Crippen molar-refractivity contribution in [2.24, 2.45) is 4.99 Å². The number of amidine groups is 1. The van der Waals surface area contributed by atoms with Crippen LogP contribution in [0.15, 0.2) is 76.4 Å². The van der Waals surface area contributed by atoms with Crippen LogP contribution < -0.4 is 5.32 Å². The summed E-state index contributed by atoms with van der Waals surface area (Å²) < 4.78 is 0. The van der Waals surface area contributed by atoms with Crippen LogP contribution in [0.2, 0.25) is 0 Å². The SMILES string of the molecule is Cc1ccc(/N=C(\NCCc2ccccc2)c2ccsc2)cc1. The molecule has 116 valence electrons. The van der Waals surface area contributed by atoms with E-state index in [4.69, 9.17) is 4.99 Å². The molecule has 0 bridgehead atoms. The van der Waals surface area contributed by atoms with E-state index in [1.807, 2.05) is 6.07 Å². The summed E-state index contributed by atoms with van der Waals surface area (Å²) in [5.41, 5.74) is 4.70. The summed E-state index contributed by atoms with van der Waals surface area (Å²) in [6.45, 7) is 2.95. The van der Waals surface area contributed by atoms with Gasteiger partial charge in [-0.3, -0.25) is 0 Å². The summed E-state index contributed by atoms with van der Waals surface area (Å²) in [5.74, 6) is 0.936. The largest absolute Gasteiger partial charge is 0.369 e. The van der Waals surface area contributed by atoms with Gasteiger partial charge in [0.1, 0.15) is 5.84 Å². The van der Waals surface area contributed by atoms with Crippen LogP contribution in [0.3, 0.4) is 0 Å². The maximum Gasteiger partial charge on any atom is 0.134 e. The zero-order chi connectivity index (χ0) is 15.9. The molecule has 3 heteroatoms. The van der Waals surface area contributed by atoms with Crippen LogP contribution in [0.25, 0.3) is 0 Å². The van der Waals surface area contributed by atoms with E-state index in [2.05, 4.69) is 77.6 Å². The lowest BCUT2D eigenvalue weighted by atomic mass is 10.1. The Balaban J connectivity index is 1.73. The van der Waals surface area contributed by atoms with E-state index in [1.165, 1.54) is 11.1 Å². The van der Waals surface area contributed by atoms with Crippen LogP contribution in [0.5, 0.6) is 0 Å². The van der Waals surface area contributed by atoms with Crippen LogP contribution >= 0.6 is 11.3 Å². The highest BCUT2D eigenvalue weighted by molar-refractivity contribution is 7.08. The fraction of sp³-hybridized carbons (Fsp3) is 0.150. The Kier molecular flexibility index (Phi) is 5.22. The third-order valence-electron chi connectivity index (χ3n) is 3.62. The fourth-order valence-electron chi connectivity index (χ4n) is 2.32. The summed E-state index contributed by atoms with van der Waals surface area (Å²) in [4.78, 5) is 4.79. The average molecular weight is 320 g/mol. The first kappa shape index (κ1) is 15.5. The van der Waals surface area contributed by atoms with E-state index in [1.54, 1.807) is 11.3 Å². The second-order valence-corrected chi connectivity index (χ2v) is 6.25. The molecule has 0 radical (unpaired) electrons. The minimum absolute atomic E-state index is 0.866. The highest BCUT2D eigenvalue weighted by Gasteiger charge is 2.04. The molecule has 0 unspecified atom stereocenters. The van der Waals surface area contributed by atoms with Gasteiger partial charge < -0.3 is 5.32 Å². The Labute approximate surface area is 141 Å². The molecule has 0 fully saturated rings. The molecule has 0 saturated heterocycles. The van der Waals surface area contributed by atoms with Gasteiger partial charge in [0.15, 0.2) is 0 Å². The van der Waals surface area contributed by atoms with Crippen molar-refractivity contribution in [2.45, 2.75) is 13.3 Å². The molecule has 3 rings (SSSR count). The van der Waals surface area contributed by atoms with Gasteiger partial charge in [-0.1, -0.05) is 48.0 Å². The fourth-order valence-corrected chi connectivity index (χ4v) is 2.96. The molecule has 2 nitrogen and oxygen atoms in total. The van der Waals surface area contributed by atoms with Crippen molar-refractivity contribution >= 4 is 22.9 Å². The number of hydrogen-bond acceptors (Lipinski definition) is 2. The van der Waals surface area contributed by atoms with Crippen LogP contribution in [0.1, 0.15) is 16.7 Å². The predicted molar refractivity (Wildman–Crippen MR) is 99.8 cm³/mol. The Morgan fingerprint density at radius 2 is 1.78 bits per heavy atom. The first-order chi connectivity index (χ1) is 11.3. The zero-order valence-corrected chi connectivity index (χ0v) is 14.0. The van der Waals surface area contributed by atoms with E-state index in [-0.39, 0.29) is 0 Å².